The molecule has 0 radical (unpaired) electrons. The van der Waals surface area contributed by atoms with Crippen molar-refractivity contribution in [1.29, 1.82) is 0 Å². The van der Waals surface area contributed by atoms with E-state index >= 15 is 0 Å². The molecule has 1 amide bonds. The van der Waals surface area contributed by atoms with Gasteiger partial charge < -0.3 is 15.4 Å². The molecule has 1 aliphatic heterocycles. The van der Waals surface area contributed by atoms with E-state index in [9.17, 15) is 4.79 Å². The van der Waals surface area contributed by atoms with Crippen molar-refractivity contribution in [2.75, 3.05) is 13.7 Å². The van der Waals surface area contributed by atoms with Crippen LogP contribution in [0.2, 0.25) is 0 Å². The van der Waals surface area contributed by atoms with Crippen LogP contribution in [0.15, 0.2) is 48.5 Å². The van der Waals surface area contributed by atoms with E-state index < -0.39 is 0 Å². The molecule has 1 aliphatic rings. The van der Waals surface area contributed by atoms with Crippen LogP contribution in [0.25, 0.3) is 0 Å². The molecule has 2 aromatic rings. The number of para-hydroxylation sites is 1. The van der Waals surface area contributed by atoms with Gasteiger partial charge in [0.05, 0.1) is 6.61 Å². The van der Waals surface area contributed by atoms with Crippen LogP contribution in [0.1, 0.15) is 33.9 Å². The van der Waals surface area contributed by atoms with E-state index in [-0.39, 0.29) is 5.91 Å². The Morgan fingerprint density at radius 1 is 1.18 bits per heavy atom. The van der Waals surface area contributed by atoms with Crippen molar-refractivity contribution < 1.29 is 9.53 Å². The normalized spacial score (nSPS) is 16.5. The lowest BCUT2D eigenvalue weighted by Gasteiger charge is -2.26. The van der Waals surface area contributed by atoms with E-state index in [0.29, 0.717) is 11.6 Å². The minimum absolute atomic E-state index is 0.0575. The number of benzene rings is 2. The summed E-state index contributed by atoms with van der Waals surface area (Å²) in [4.78, 5) is 11.5. The highest BCUT2D eigenvalue weighted by atomic mass is 16.5. The largest absolute Gasteiger partial charge is 0.493 e. The van der Waals surface area contributed by atoms with Gasteiger partial charge in [-0.1, -0.05) is 30.3 Å². The van der Waals surface area contributed by atoms with Gasteiger partial charge in [0.15, 0.2) is 0 Å². The number of rotatable bonds is 4. The van der Waals surface area contributed by atoms with Crippen molar-refractivity contribution in [2.45, 2.75) is 19.0 Å². The zero-order valence-electron chi connectivity index (χ0n) is 12.6. The summed E-state index contributed by atoms with van der Waals surface area (Å²) in [6, 6.07) is 16.2. The Morgan fingerprint density at radius 3 is 2.73 bits per heavy atom. The second-order valence-corrected chi connectivity index (χ2v) is 5.38. The van der Waals surface area contributed by atoms with E-state index in [2.05, 4.69) is 16.7 Å². The summed E-state index contributed by atoms with van der Waals surface area (Å²) in [6.45, 7) is 1.51. The van der Waals surface area contributed by atoms with Gasteiger partial charge in [-0.25, -0.2) is 0 Å². The molecule has 0 aromatic heterocycles. The van der Waals surface area contributed by atoms with E-state index in [0.717, 1.165) is 30.9 Å². The molecule has 0 saturated heterocycles. The predicted octanol–water partition coefficient (Wildman–Crippen LogP) is 2.66. The van der Waals surface area contributed by atoms with Crippen molar-refractivity contribution in [3.8, 4) is 5.75 Å². The molecule has 1 unspecified atom stereocenters. The fourth-order valence-electron chi connectivity index (χ4n) is 2.71. The molecule has 4 nitrogen and oxygen atoms in total. The average molecular weight is 296 g/mol. The molecule has 0 saturated carbocycles. The third-order valence-electron chi connectivity index (χ3n) is 3.95. The van der Waals surface area contributed by atoms with Gasteiger partial charge >= 0.3 is 0 Å². The third kappa shape index (κ3) is 3.12. The number of nitrogens with one attached hydrogen (secondary N) is 2. The number of fused-ring (bicyclic) bond motifs is 1. The van der Waals surface area contributed by atoms with Crippen LogP contribution in [0.3, 0.4) is 0 Å². The molecule has 2 N–H and O–H groups in total. The fourth-order valence-corrected chi connectivity index (χ4v) is 2.71. The van der Waals surface area contributed by atoms with Gasteiger partial charge in [0.25, 0.3) is 5.91 Å². The van der Waals surface area contributed by atoms with E-state index in [1.807, 2.05) is 42.5 Å². The molecule has 1 heterocycles. The summed E-state index contributed by atoms with van der Waals surface area (Å²) in [5.74, 6) is 0.916. The van der Waals surface area contributed by atoms with Gasteiger partial charge in [-0.15, -0.1) is 0 Å². The first kappa shape index (κ1) is 14.6. The van der Waals surface area contributed by atoms with E-state index in [1.165, 1.54) is 5.56 Å². The zero-order valence-corrected chi connectivity index (χ0v) is 12.6. The average Bonchev–Trinajstić information content (AvgIpc) is 2.59. The van der Waals surface area contributed by atoms with Crippen molar-refractivity contribution in [3.63, 3.8) is 0 Å². The van der Waals surface area contributed by atoms with Gasteiger partial charge in [-0.2, -0.15) is 0 Å². The molecule has 0 bridgehead atoms. The van der Waals surface area contributed by atoms with Gasteiger partial charge in [0.2, 0.25) is 0 Å². The van der Waals surface area contributed by atoms with Crippen LogP contribution in [0.4, 0.5) is 0 Å². The molecule has 2 aromatic carbocycles. The minimum Gasteiger partial charge on any atom is -0.493 e. The van der Waals surface area contributed by atoms with Crippen LogP contribution in [-0.2, 0) is 6.54 Å². The predicted molar refractivity (Wildman–Crippen MR) is 86.0 cm³/mol. The summed E-state index contributed by atoms with van der Waals surface area (Å²) < 4.78 is 5.68. The lowest BCUT2D eigenvalue weighted by molar-refractivity contribution is 0.0963. The monoisotopic (exact) mass is 296 g/mol. The van der Waals surface area contributed by atoms with Crippen LogP contribution < -0.4 is 15.4 Å². The first-order valence-corrected chi connectivity index (χ1v) is 7.54. The van der Waals surface area contributed by atoms with E-state index in [1.54, 1.807) is 7.05 Å². The highest BCUT2D eigenvalue weighted by Gasteiger charge is 2.20. The molecule has 0 fully saturated rings. The molecular formula is C18H20N2O2. The van der Waals surface area contributed by atoms with Crippen LogP contribution in [0.5, 0.6) is 5.75 Å². The summed E-state index contributed by atoms with van der Waals surface area (Å²) in [5.41, 5.74) is 3.06. The van der Waals surface area contributed by atoms with Crippen LogP contribution in [-0.4, -0.2) is 19.6 Å². The quantitative estimate of drug-likeness (QED) is 0.912. The zero-order chi connectivity index (χ0) is 15.4. The molecule has 3 rings (SSSR count). The Bertz CT molecular complexity index is 652. The van der Waals surface area contributed by atoms with E-state index in [4.69, 9.17) is 4.74 Å². The Balaban J connectivity index is 1.65. The Morgan fingerprint density at radius 2 is 1.95 bits per heavy atom. The van der Waals surface area contributed by atoms with Crippen LogP contribution in [0, 0.1) is 0 Å². The third-order valence-corrected chi connectivity index (χ3v) is 3.95. The molecule has 0 spiro atoms. The SMILES string of the molecule is CNC(=O)c1ccc(CNC2CCOc3ccccc32)cc1. The number of carbonyl (C=O) groups is 1. The van der Waals surface area contributed by atoms with Crippen molar-refractivity contribution in [1.82, 2.24) is 10.6 Å². The number of carbonyl (C=O) groups excluding carboxylic acids is 1. The van der Waals surface area contributed by atoms with Crippen molar-refractivity contribution >= 4 is 5.91 Å². The fraction of sp³-hybridized carbons (Fsp3) is 0.278. The summed E-state index contributed by atoms with van der Waals surface area (Å²) in [5, 5.41) is 6.20. The maximum atomic E-state index is 11.5. The van der Waals surface area contributed by atoms with Crippen LogP contribution >= 0.6 is 0 Å². The lowest BCUT2D eigenvalue weighted by Crippen LogP contribution is -2.26. The molecule has 0 aliphatic carbocycles. The molecule has 114 valence electrons. The molecule has 4 heteroatoms. The number of hydrogen-bond donors (Lipinski definition) is 2. The van der Waals surface area contributed by atoms with Crippen molar-refractivity contribution in [2.24, 2.45) is 0 Å². The first-order chi connectivity index (χ1) is 10.8. The van der Waals surface area contributed by atoms with Gasteiger partial charge in [-0.3, -0.25) is 4.79 Å². The first-order valence-electron chi connectivity index (χ1n) is 7.54. The Kier molecular flexibility index (Phi) is 4.39. The Hall–Kier alpha value is -2.33. The molecule has 1 atom stereocenters. The number of ether oxygens (including phenoxy) is 1. The van der Waals surface area contributed by atoms with Gasteiger partial charge in [0, 0.05) is 37.2 Å². The molecule has 22 heavy (non-hydrogen) atoms. The second kappa shape index (κ2) is 6.62. The summed E-state index contributed by atoms with van der Waals surface area (Å²) in [7, 11) is 1.64. The summed E-state index contributed by atoms with van der Waals surface area (Å²) >= 11 is 0. The Labute approximate surface area is 130 Å². The minimum atomic E-state index is -0.0575. The second-order valence-electron chi connectivity index (χ2n) is 5.38. The van der Waals surface area contributed by atoms with Gasteiger partial charge in [0.1, 0.15) is 5.75 Å². The maximum absolute atomic E-state index is 11.5. The smallest absolute Gasteiger partial charge is 0.251 e. The number of hydrogen-bond acceptors (Lipinski definition) is 3. The standard InChI is InChI=1S/C18H20N2O2/c1-19-18(21)14-8-6-13(7-9-14)12-20-16-10-11-22-17-5-3-2-4-15(16)17/h2-9,16,20H,10-12H2,1H3,(H,19,21). The highest BCUT2D eigenvalue weighted by molar-refractivity contribution is 5.93. The van der Waals surface area contributed by atoms with Crippen molar-refractivity contribution in [3.05, 3.63) is 65.2 Å². The lowest BCUT2D eigenvalue weighted by atomic mass is 10.00. The highest BCUT2D eigenvalue weighted by Crippen LogP contribution is 2.31. The summed E-state index contributed by atoms with van der Waals surface area (Å²) in [6.07, 6.45) is 0.966. The number of amides is 1. The topological polar surface area (TPSA) is 50.4 Å². The maximum Gasteiger partial charge on any atom is 0.251 e. The van der Waals surface area contributed by atoms with Gasteiger partial charge in [-0.05, 0) is 23.8 Å². The molecular weight excluding hydrogens is 276 g/mol.